The molecule has 0 saturated carbocycles. The number of carbonyl (C=O) groups is 2. The van der Waals surface area contributed by atoms with Crippen LogP contribution in [0, 0.1) is 6.92 Å². The highest BCUT2D eigenvalue weighted by atomic mass is 35.5. The van der Waals surface area contributed by atoms with Crippen molar-refractivity contribution in [2.24, 2.45) is 0 Å². The van der Waals surface area contributed by atoms with Crippen molar-refractivity contribution in [2.45, 2.75) is 27.7 Å². The van der Waals surface area contributed by atoms with E-state index in [9.17, 15) is 9.59 Å². The van der Waals surface area contributed by atoms with Crippen LogP contribution in [0.15, 0.2) is 36.4 Å². The second kappa shape index (κ2) is 11.6. The van der Waals surface area contributed by atoms with Crippen LogP contribution in [-0.2, 0) is 14.3 Å². The van der Waals surface area contributed by atoms with Gasteiger partial charge in [-0.3, -0.25) is 0 Å². The molecule has 146 valence electrons. The van der Waals surface area contributed by atoms with E-state index >= 15 is 0 Å². The average Bonchev–Trinajstić information content (AvgIpc) is 2.62. The molecule has 0 aliphatic carbocycles. The molecule has 0 atom stereocenters. The Morgan fingerprint density at radius 2 is 1.70 bits per heavy atom. The van der Waals surface area contributed by atoms with Crippen molar-refractivity contribution < 1.29 is 19.1 Å². The molecule has 0 unspecified atom stereocenters. The van der Waals surface area contributed by atoms with Crippen LogP contribution in [0.1, 0.15) is 36.7 Å². The Morgan fingerprint density at radius 3 is 2.33 bits per heavy atom. The summed E-state index contributed by atoms with van der Waals surface area (Å²) in [5.41, 5.74) is 2.37. The van der Waals surface area contributed by atoms with Gasteiger partial charge in [-0.25, -0.2) is 4.79 Å². The first kappa shape index (κ1) is 23.0. The highest BCUT2D eigenvalue weighted by Gasteiger charge is 2.15. The van der Waals surface area contributed by atoms with E-state index in [-0.39, 0.29) is 12.6 Å². The van der Waals surface area contributed by atoms with Crippen LogP contribution < -0.4 is 5.32 Å². The lowest BCUT2D eigenvalue weighted by molar-refractivity contribution is -0.115. The van der Waals surface area contributed by atoms with Crippen LogP contribution in [0.3, 0.4) is 0 Å². The van der Waals surface area contributed by atoms with Gasteiger partial charge in [0.15, 0.2) is 6.79 Å². The molecule has 0 aliphatic heterocycles. The maximum atomic E-state index is 12.2. The van der Waals surface area contributed by atoms with Crippen LogP contribution in [0.4, 0.5) is 11.4 Å². The molecule has 0 saturated heterocycles. The number of benzene rings is 2. The van der Waals surface area contributed by atoms with Crippen molar-refractivity contribution in [3.05, 3.63) is 57.6 Å². The van der Waals surface area contributed by atoms with E-state index < -0.39 is 5.97 Å². The van der Waals surface area contributed by atoms with Crippen molar-refractivity contribution in [3.8, 4) is 0 Å². The molecule has 1 N–H and O–H groups in total. The fourth-order valence-electron chi connectivity index (χ4n) is 1.93. The summed E-state index contributed by atoms with van der Waals surface area (Å²) in [7, 11) is 0. The highest BCUT2D eigenvalue weighted by molar-refractivity contribution is 6.39. The number of ketones is 1. The first-order valence-electron chi connectivity index (χ1n) is 8.30. The number of esters is 1. The van der Waals surface area contributed by atoms with E-state index in [4.69, 9.17) is 32.7 Å². The van der Waals surface area contributed by atoms with Crippen molar-refractivity contribution in [1.29, 1.82) is 0 Å². The molecule has 0 radical (unpaired) electrons. The van der Waals surface area contributed by atoms with E-state index in [1.54, 1.807) is 30.3 Å². The summed E-state index contributed by atoms with van der Waals surface area (Å²) >= 11 is 12.5. The molecule has 0 heterocycles. The number of Topliss-reactive ketones (excluding diaryl/α,β-unsaturated/α-hetero) is 1. The molecule has 2 aromatic carbocycles. The smallest absolute Gasteiger partial charge is 0.342 e. The van der Waals surface area contributed by atoms with Crippen molar-refractivity contribution >= 4 is 46.3 Å². The minimum atomic E-state index is -0.485. The van der Waals surface area contributed by atoms with Gasteiger partial charge < -0.3 is 19.6 Å². The van der Waals surface area contributed by atoms with E-state index in [2.05, 4.69) is 5.32 Å². The van der Waals surface area contributed by atoms with Gasteiger partial charge in [-0.15, -0.1) is 0 Å². The minimum Gasteiger partial charge on any atom is -0.435 e. The lowest BCUT2D eigenvalue weighted by Crippen LogP contribution is -2.11. The molecular weight excluding hydrogens is 389 g/mol. The molecule has 2 aromatic rings. The van der Waals surface area contributed by atoms with Gasteiger partial charge in [0.1, 0.15) is 5.78 Å². The topological polar surface area (TPSA) is 64.6 Å². The number of anilines is 2. The average molecular weight is 412 g/mol. The Kier molecular flexibility index (Phi) is 9.86. The van der Waals surface area contributed by atoms with Crippen molar-refractivity contribution in [2.75, 3.05) is 18.7 Å². The molecule has 5 nitrogen and oxygen atoms in total. The monoisotopic (exact) mass is 411 g/mol. The highest BCUT2D eigenvalue weighted by Crippen LogP contribution is 2.36. The molecule has 0 fully saturated rings. The third-order valence-electron chi connectivity index (χ3n) is 3.17. The second-order valence-electron chi connectivity index (χ2n) is 5.67. The van der Waals surface area contributed by atoms with E-state index in [0.717, 1.165) is 5.56 Å². The first-order chi connectivity index (χ1) is 12.8. The standard InChI is InChI=1S/C17H17Cl2NO3.C3H6O/c1-3-22-10-23-17(21)12-6-4-5-7-14(12)20-16-13(18)9-8-11(2)15(16)19;1-3(2)4/h4-9,20H,3,10H2,1-2H3;1-2H3. The molecule has 0 spiro atoms. The van der Waals surface area contributed by atoms with Gasteiger partial charge in [0.05, 0.1) is 27.0 Å². The van der Waals surface area contributed by atoms with Gasteiger partial charge in [0.25, 0.3) is 0 Å². The Hall–Kier alpha value is -2.08. The van der Waals surface area contributed by atoms with Crippen LogP contribution in [0.25, 0.3) is 0 Å². The van der Waals surface area contributed by atoms with Gasteiger partial charge in [-0.05, 0) is 51.5 Å². The maximum Gasteiger partial charge on any atom is 0.342 e. The van der Waals surface area contributed by atoms with Gasteiger partial charge in [-0.1, -0.05) is 41.4 Å². The summed E-state index contributed by atoms with van der Waals surface area (Å²) < 4.78 is 10.1. The summed E-state index contributed by atoms with van der Waals surface area (Å²) in [6, 6.07) is 10.6. The number of hydrogen-bond acceptors (Lipinski definition) is 5. The Bertz CT molecular complexity index is 790. The van der Waals surface area contributed by atoms with Gasteiger partial charge in [0, 0.05) is 6.61 Å². The van der Waals surface area contributed by atoms with Crippen molar-refractivity contribution in [3.63, 3.8) is 0 Å². The summed E-state index contributed by atoms with van der Waals surface area (Å²) in [5, 5.41) is 4.10. The summed E-state index contributed by atoms with van der Waals surface area (Å²) in [6.45, 7) is 7.15. The quantitative estimate of drug-likeness (QED) is 0.370. The second-order valence-corrected chi connectivity index (χ2v) is 6.46. The molecule has 27 heavy (non-hydrogen) atoms. The number of aryl methyl sites for hydroxylation is 1. The lowest BCUT2D eigenvalue weighted by atomic mass is 10.1. The molecule has 0 bridgehead atoms. The predicted octanol–water partition coefficient (Wildman–Crippen LogP) is 5.79. The molecule has 0 aromatic heterocycles. The predicted molar refractivity (Wildman–Crippen MR) is 109 cm³/mol. The molecular formula is C20H23Cl2NO4. The molecule has 0 aliphatic rings. The van der Waals surface area contributed by atoms with Gasteiger partial charge in [-0.2, -0.15) is 0 Å². The zero-order valence-corrected chi connectivity index (χ0v) is 17.3. The fraction of sp³-hybridized carbons (Fsp3) is 0.300. The zero-order chi connectivity index (χ0) is 20.4. The van der Waals surface area contributed by atoms with Crippen molar-refractivity contribution in [1.82, 2.24) is 0 Å². The van der Waals surface area contributed by atoms with Crippen LogP contribution in [0.2, 0.25) is 10.0 Å². The molecule has 7 heteroatoms. The number of halogens is 2. The number of para-hydroxylation sites is 1. The number of nitrogens with one attached hydrogen (secondary N) is 1. The number of ether oxygens (including phenoxy) is 2. The van der Waals surface area contributed by atoms with Gasteiger partial charge >= 0.3 is 5.97 Å². The molecule has 0 amide bonds. The summed E-state index contributed by atoms with van der Waals surface area (Å²) in [4.78, 5) is 21.6. The largest absolute Gasteiger partial charge is 0.435 e. The third kappa shape index (κ3) is 7.59. The summed E-state index contributed by atoms with van der Waals surface area (Å²) in [5.74, 6) is -0.318. The third-order valence-corrected chi connectivity index (χ3v) is 3.97. The zero-order valence-electron chi connectivity index (χ0n) is 15.8. The Balaban J connectivity index is 0.000000828. The fourth-order valence-corrected chi connectivity index (χ4v) is 2.40. The maximum absolute atomic E-state index is 12.2. The van der Waals surface area contributed by atoms with E-state index in [1.165, 1.54) is 13.8 Å². The number of carbonyl (C=O) groups excluding carboxylic acids is 2. The normalized spacial score (nSPS) is 9.85. The Morgan fingerprint density at radius 1 is 1.07 bits per heavy atom. The van der Waals surface area contributed by atoms with E-state index in [1.807, 2.05) is 19.9 Å². The summed E-state index contributed by atoms with van der Waals surface area (Å²) in [6.07, 6.45) is 0. The Labute approximate surface area is 169 Å². The van der Waals surface area contributed by atoms with Crippen LogP contribution in [0.5, 0.6) is 0 Å². The molecule has 2 rings (SSSR count). The SMILES string of the molecule is CC(C)=O.CCOCOC(=O)c1ccccc1Nc1c(Cl)ccc(C)c1Cl. The van der Waals surface area contributed by atoms with Crippen LogP contribution >= 0.6 is 23.2 Å². The number of rotatable bonds is 6. The number of hydrogen-bond donors (Lipinski definition) is 1. The van der Waals surface area contributed by atoms with Gasteiger partial charge in [0.2, 0.25) is 0 Å². The van der Waals surface area contributed by atoms with E-state index in [0.29, 0.717) is 33.6 Å². The minimum absolute atomic E-state index is 0.0877. The van der Waals surface area contributed by atoms with Crippen LogP contribution in [-0.4, -0.2) is 25.2 Å². The first-order valence-corrected chi connectivity index (χ1v) is 9.06. The lowest BCUT2D eigenvalue weighted by Gasteiger charge is -2.15.